The third kappa shape index (κ3) is 3.25. The number of aliphatic imine (C=N–C) groups is 1. The first-order chi connectivity index (χ1) is 5.84. The lowest BCUT2D eigenvalue weighted by Crippen LogP contribution is -2.24. The van der Waals surface area contributed by atoms with Gasteiger partial charge >= 0.3 is 0 Å². The summed E-state index contributed by atoms with van der Waals surface area (Å²) >= 11 is 2.28. The van der Waals surface area contributed by atoms with Gasteiger partial charge in [0.25, 0.3) is 6.09 Å². The Morgan fingerprint density at radius 1 is 1.42 bits per heavy atom. The molecular formula is C8H14FIN2. The van der Waals surface area contributed by atoms with Crippen LogP contribution in [0.4, 0.5) is 4.39 Å². The quantitative estimate of drug-likeness (QED) is 0.194. The second kappa shape index (κ2) is 5.72. The van der Waals surface area contributed by atoms with Crippen LogP contribution < -0.4 is 0 Å². The molecule has 12 heavy (non-hydrogen) atoms. The van der Waals surface area contributed by atoms with Gasteiger partial charge in [-0.3, -0.25) is 0 Å². The fourth-order valence-corrected chi connectivity index (χ4v) is 1.57. The number of halogens is 2. The summed E-state index contributed by atoms with van der Waals surface area (Å²) in [5.74, 6) is 0. The van der Waals surface area contributed by atoms with Gasteiger partial charge in [-0.2, -0.15) is 4.39 Å². The molecule has 0 aromatic carbocycles. The first kappa shape index (κ1) is 10.2. The van der Waals surface area contributed by atoms with E-state index in [0.717, 1.165) is 36.8 Å². The van der Waals surface area contributed by atoms with Gasteiger partial charge in [-0.25, -0.2) is 4.99 Å². The largest absolute Gasteiger partial charge is 0.333 e. The zero-order valence-electron chi connectivity index (χ0n) is 7.10. The Balaban J connectivity index is 2.24. The van der Waals surface area contributed by atoms with Crippen molar-refractivity contribution in [3.8, 4) is 0 Å². The van der Waals surface area contributed by atoms with E-state index in [1.807, 2.05) is 0 Å². The summed E-state index contributed by atoms with van der Waals surface area (Å²) in [6, 6.07) is 0. The minimum Gasteiger partial charge on any atom is -0.333 e. The summed E-state index contributed by atoms with van der Waals surface area (Å²) in [6.45, 7) is 2.32. The van der Waals surface area contributed by atoms with E-state index in [1.54, 1.807) is 4.90 Å². The van der Waals surface area contributed by atoms with Crippen molar-refractivity contribution in [3.05, 3.63) is 0 Å². The molecule has 0 saturated carbocycles. The summed E-state index contributed by atoms with van der Waals surface area (Å²) in [5.41, 5.74) is 0. The molecule has 0 radical (unpaired) electrons. The van der Waals surface area contributed by atoms with Crippen molar-refractivity contribution in [1.29, 1.82) is 0 Å². The average molecular weight is 284 g/mol. The number of nitrogens with zero attached hydrogens (tertiary/aromatic N) is 2. The summed E-state index contributed by atoms with van der Waals surface area (Å²) < 4.78 is 14.2. The molecule has 0 amide bonds. The fourth-order valence-electron chi connectivity index (χ4n) is 1.23. The van der Waals surface area contributed by atoms with Crippen LogP contribution in [-0.2, 0) is 0 Å². The van der Waals surface area contributed by atoms with Gasteiger partial charge in [0, 0.05) is 24.1 Å². The van der Waals surface area contributed by atoms with Gasteiger partial charge in [-0.05, 0) is 19.3 Å². The van der Waals surface area contributed by atoms with Crippen molar-refractivity contribution < 1.29 is 4.39 Å². The number of likely N-dealkylation sites (tertiary alicyclic amines) is 1. The van der Waals surface area contributed by atoms with E-state index in [1.165, 1.54) is 0 Å². The predicted molar refractivity (Wildman–Crippen MR) is 57.7 cm³/mol. The first-order valence-corrected chi connectivity index (χ1v) is 5.88. The summed E-state index contributed by atoms with van der Waals surface area (Å²) in [7, 11) is 0. The summed E-state index contributed by atoms with van der Waals surface area (Å²) in [4.78, 5) is 5.60. The van der Waals surface area contributed by atoms with E-state index < -0.39 is 0 Å². The van der Waals surface area contributed by atoms with Gasteiger partial charge in [0.1, 0.15) is 0 Å². The lowest BCUT2D eigenvalue weighted by molar-refractivity contribution is 0.452. The Morgan fingerprint density at radius 3 is 2.67 bits per heavy atom. The van der Waals surface area contributed by atoms with E-state index in [2.05, 4.69) is 27.6 Å². The van der Waals surface area contributed by atoms with Crippen LogP contribution in [0.15, 0.2) is 4.99 Å². The number of hydrogen-bond donors (Lipinski definition) is 0. The summed E-state index contributed by atoms with van der Waals surface area (Å²) in [5, 5.41) is 0. The van der Waals surface area contributed by atoms with E-state index in [4.69, 9.17) is 0 Å². The zero-order chi connectivity index (χ0) is 8.81. The Labute approximate surface area is 86.4 Å². The molecule has 0 aromatic heterocycles. The molecule has 1 saturated heterocycles. The van der Waals surface area contributed by atoms with Crippen molar-refractivity contribution in [1.82, 2.24) is 4.90 Å². The van der Waals surface area contributed by atoms with Crippen molar-refractivity contribution in [2.45, 2.75) is 19.3 Å². The van der Waals surface area contributed by atoms with Crippen LogP contribution >= 0.6 is 22.6 Å². The number of rotatable bonds is 3. The maximum absolute atomic E-state index is 13.1. The molecule has 1 rings (SSSR count). The van der Waals surface area contributed by atoms with Crippen molar-refractivity contribution in [2.75, 3.05) is 24.1 Å². The average Bonchev–Trinajstić information content (AvgIpc) is 2.56. The van der Waals surface area contributed by atoms with Crippen LogP contribution in [0.2, 0.25) is 0 Å². The smallest absolute Gasteiger partial charge is 0.280 e. The van der Waals surface area contributed by atoms with Gasteiger partial charge in [-0.1, -0.05) is 22.6 Å². The highest BCUT2D eigenvalue weighted by molar-refractivity contribution is 14.1. The van der Waals surface area contributed by atoms with Crippen LogP contribution in [-0.4, -0.2) is 35.1 Å². The lowest BCUT2D eigenvalue weighted by atomic mass is 10.4. The second-order valence-corrected chi connectivity index (χ2v) is 3.97. The van der Waals surface area contributed by atoms with E-state index in [0.29, 0.717) is 6.54 Å². The fraction of sp³-hybridized carbons (Fsp3) is 0.875. The molecule has 1 fully saturated rings. The molecule has 0 unspecified atom stereocenters. The van der Waals surface area contributed by atoms with Gasteiger partial charge in [0.05, 0.1) is 0 Å². The molecule has 0 N–H and O–H groups in total. The normalized spacial score (nSPS) is 18.8. The van der Waals surface area contributed by atoms with E-state index in [9.17, 15) is 4.39 Å². The minimum absolute atomic E-state index is 0.252. The monoisotopic (exact) mass is 284 g/mol. The zero-order valence-corrected chi connectivity index (χ0v) is 9.26. The first-order valence-electron chi connectivity index (χ1n) is 4.35. The predicted octanol–water partition coefficient (Wildman–Crippen LogP) is 2.23. The molecule has 0 aliphatic carbocycles. The molecular weight excluding hydrogens is 270 g/mol. The SMILES string of the molecule is FC(=NCCCI)N1CCCC1. The molecule has 0 atom stereocenters. The highest BCUT2D eigenvalue weighted by Gasteiger charge is 2.14. The molecule has 0 spiro atoms. The summed E-state index contributed by atoms with van der Waals surface area (Å²) in [6.07, 6.45) is 2.93. The molecule has 1 aliphatic rings. The highest BCUT2D eigenvalue weighted by atomic mass is 127. The van der Waals surface area contributed by atoms with Gasteiger partial charge in [0.15, 0.2) is 0 Å². The van der Waals surface area contributed by atoms with E-state index >= 15 is 0 Å². The number of hydrogen-bond acceptors (Lipinski definition) is 1. The van der Waals surface area contributed by atoms with Crippen molar-refractivity contribution in [3.63, 3.8) is 0 Å². The minimum atomic E-state index is -0.252. The third-order valence-corrected chi connectivity index (χ3v) is 2.66. The Morgan fingerprint density at radius 2 is 2.08 bits per heavy atom. The maximum Gasteiger partial charge on any atom is 0.280 e. The molecule has 4 heteroatoms. The maximum atomic E-state index is 13.1. The van der Waals surface area contributed by atoms with E-state index in [-0.39, 0.29) is 6.09 Å². The molecule has 1 heterocycles. The Hall–Kier alpha value is 0.130. The Bertz CT molecular complexity index is 155. The molecule has 0 aromatic rings. The molecule has 1 aliphatic heterocycles. The Kier molecular flexibility index (Phi) is 4.87. The second-order valence-electron chi connectivity index (χ2n) is 2.89. The number of alkyl halides is 1. The molecule has 2 nitrogen and oxygen atoms in total. The van der Waals surface area contributed by atoms with Gasteiger partial charge < -0.3 is 4.90 Å². The van der Waals surface area contributed by atoms with Gasteiger partial charge in [-0.15, -0.1) is 0 Å². The van der Waals surface area contributed by atoms with Crippen LogP contribution in [0, 0.1) is 0 Å². The standard InChI is InChI=1S/C8H14FIN2/c9-8(11-5-3-4-10)12-6-1-2-7-12/h1-7H2. The molecule has 0 bridgehead atoms. The van der Waals surface area contributed by atoms with Crippen molar-refractivity contribution in [2.24, 2.45) is 4.99 Å². The lowest BCUT2D eigenvalue weighted by Gasteiger charge is -2.12. The van der Waals surface area contributed by atoms with Crippen LogP contribution in [0.25, 0.3) is 0 Å². The van der Waals surface area contributed by atoms with Gasteiger partial charge in [0.2, 0.25) is 0 Å². The van der Waals surface area contributed by atoms with Crippen LogP contribution in [0.3, 0.4) is 0 Å². The topological polar surface area (TPSA) is 15.6 Å². The third-order valence-electron chi connectivity index (χ3n) is 1.90. The van der Waals surface area contributed by atoms with Crippen molar-refractivity contribution >= 4 is 28.7 Å². The highest BCUT2D eigenvalue weighted by Crippen LogP contribution is 2.08. The van der Waals surface area contributed by atoms with Crippen LogP contribution in [0.1, 0.15) is 19.3 Å². The molecule has 70 valence electrons. The van der Waals surface area contributed by atoms with Crippen LogP contribution in [0.5, 0.6) is 0 Å². The number of amidine groups is 1.